The van der Waals surface area contributed by atoms with E-state index in [4.69, 9.17) is 5.11 Å². The Morgan fingerprint density at radius 3 is 2.34 bits per heavy atom. The number of benzene rings is 1. The molecular weight excluding hydrogens is 541 g/mol. The maximum Gasteiger partial charge on any atom is 0.407 e. The first-order chi connectivity index (χ1) is 19.4. The maximum absolute atomic E-state index is 15.5. The summed E-state index contributed by atoms with van der Waals surface area (Å²) in [5.41, 5.74) is -1.28. The van der Waals surface area contributed by atoms with E-state index in [2.05, 4.69) is 15.3 Å². The zero-order valence-electron chi connectivity index (χ0n) is 22.9. The van der Waals surface area contributed by atoms with Crippen molar-refractivity contribution in [2.24, 2.45) is 7.05 Å². The molecule has 2 aliphatic rings. The van der Waals surface area contributed by atoms with Gasteiger partial charge in [0.2, 0.25) is 5.91 Å². The van der Waals surface area contributed by atoms with Crippen LogP contribution in [0.2, 0.25) is 0 Å². The highest BCUT2D eigenvalue weighted by Crippen LogP contribution is 2.39. The number of hydrogen-bond donors (Lipinski definition) is 2. The zero-order valence-corrected chi connectivity index (χ0v) is 22.9. The van der Waals surface area contributed by atoms with E-state index in [0.717, 1.165) is 11.0 Å². The SMILES string of the molecule is CC(=O)N1CCC(c2cc3c(NC(C)c4cc(C(F)F)cc(C5(F)CN(C(=O)O)C5)c4)ncnc3n(C)c2=O)CC1. The molecule has 2 saturated heterocycles. The number of fused-ring (bicyclic) bond motifs is 1. The number of piperidine rings is 1. The molecule has 2 aliphatic heterocycles. The van der Waals surface area contributed by atoms with Crippen LogP contribution in [-0.2, 0) is 17.5 Å². The number of halogens is 3. The number of anilines is 1. The Labute approximate surface area is 233 Å². The molecule has 0 radical (unpaired) electrons. The zero-order chi connectivity index (χ0) is 29.6. The van der Waals surface area contributed by atoms with Crippen molar-refractivity contribution < 1.29 is 27.9 Å². The van der Waals surface area contributed by atoms with Crippen LogP contribution in [0, 0.1) is 0 Å². The van der Waals surface area contributed by atoms with Crippen LogP contribution < -0.4 is 10.9 Å². The number of aromatic nitrogens is 3. The molecule has 0 saturated carbocycles. The Kier molecular flexibility index (Phi) is 7.39. The van der Waals surface area contributed by atoms with Crippen LogP contribution in [0.15, 0.2) is 35.4 Å². The van der Waals surface area contributed by atoms with Gasteiger partial charge in [0.15, 0.2) is 5.67 Å². The molecule has 10 nitrogen and oxygen atoms in total. The lowest BCUT2D eigenvalue weighted by molar-refractivity contribution is -0.129. The molecule has 3 aromatic rings. The van der Waals surface area contributed by atoms with Gasteiger partial charge in [-0.2, -0.15) is 0 Å². The summed E-state index contributed by atoms with van der Waals surface area (Å²) in [6.45, 7) is 3.48. The van der Waals surface area contributed by atoms with Crippen LogP contribution in [0.5, 0.6) is 0 Å². The van der Waals surface area contributed by atoms with Crippen LogP contribution in [-0.4, -0.2) is 67.6 Å². The predicted molar refractivity (Wildman–Crippen MR) is 145 cm³/mol. The third-order valence-corrected chi connectivity index (χ3v) is 8.17. The third kappa shape index (κ3) is 5.32. The molecule has 41 heavy (non-hydrogen) atoms. The van der Waals surface area contributed by atoms with Crippen molar-refractivity contribution in [3.8, 4) is 0 Å². The second kappa shape index (κ2) is 10.7. The van der Waals surface area contributed by atoms with Gasteiger partial charge in [-0.1, -0.05) is 6.07 Å². The lowest BCUT2D eigenvalue weighted by Crippen LogP contribution is -2.58. The number of hydrogen-bond acceptors (Lipinski definition) is 6. The van der Waals surface area contributed by atoms with E-state index in [1.54, 1.807) is 24.9 Å². The molecule has 1 atom stereocenters. The molecule has 2 fully saturated rings. The van der Waals surface area contributed by atoms with E-state index < -0.39 is 37.3 Å². The smallest absolute Gasteiger partial charge is 0.407 e. The Morgan fingerprint density at radius 2 is 1.73 bits per heavy atom. The van der Waals surface area contributed by atoms with E-state index in [9.17, 15) is 23.2 Å². The van der Waals surface area contributed by atoms with Crippen molar-refractivity contribution in [3.05, 3.63) is 63.2 Å². The van der Waals surface area contributed by atoms with Crippen molar-refractivity contribution in [3.63, 3.8) is 0 Å². The van der Waals surface area contributed by atoms with E-state index in [0.29, 0.717) is 53.9 Å². The summed E-state index contributed by atoms with van der Waals surface area (Å²) in [6.07, 6.45) is -1.55. The number of nitrogens with one attached hydrogen (secondary N) is 1. The van der Waals surface area contributed by atoms with Gasteiger partial charge in [-0.25, -0.2) is 27.9 Å². The van der Waals surface area contributed by atoms with E-state index in [1.807, 2.05) is 0 Å². The summed E-state index contributed by atoms with van der Waals surface area (Å²) < 4.78 is 44.5. The van der Waals surface area contributed by atoms with Crippen molar-refractivity contribution in [2.75, 3.05) is 31.5 Å². The van der Waals surface area contributed by atoms with Crippen LogP contribution in [0.3, 0.4) is 0 Å². The van der Waals surface area contributed by atoms with Crippen molar-refractivity contribution in [1.29, 1.82) is 0 Å². The minimum Gasteiger partial charge on any atom is -0.465 e. The number of pyridine rings is 1. The number of nitrogens with zero attached hydrogens (tertiary/aromatic N) is 5. The minimum absolute atomic E-state index is 0.00184. The summed E-state index contributed by atoms with van der Waals surface area (Å²) in [5.74, 6) is 0.316. The summed E-state index contributed by atoms with van der Waals surface area (Å²) in [4.78, 5) is 47.4. The van der Waals surface area contributed by atoms with Crippen LogP contribution in [0.1, 0.15) is 67.3 Å². The molecule has 0 bridgehead atoms. The first kappa shape index (κ1) is 28.4. The fourth-order valence-corrected chi connectivity index (χ4v) is 5.68. The number of rotatable bonds is 6. The Hall–Kier alpha value is -4.16. The number of amides is 2. The molecule has 2 amide bonds. The second-order valence-electron chi connectivity index (χ2n) is 10.9. The largest absolute Gasteiger partial charge is 0.465 e. The molecule has 0 aliphatic carbocycles. The molecule has 1 aromatic carbocycles. The minimum atomic E-state index is -2.86. The standard InChI is InChI=1S/C28H31F3N6O4/c1-15(18-8-19(23(29)30)10-20(9-18)28(31)12-37(13-28)27(40)41)34-24-22-11-21(17-4-6-36(7-5-17)16(2)38)26(39)35(3)25(22)33-14-32-24/h8-11,14-15,17,23H,4-7,12-13H2,1-3H3,(H,40,41)(H,32,33,34). The van der Waals surface area contributed by atoms with Gasteiger partial charge < -0.3 is 20.2 Å². The van der Waals surface area contributed by atoms with Crippen LogP contribution in [0.25, 0.3) is 11.0 Å². The van der Waals surface area contributed by atoms with Gasteiger partial charge in [0.25, 0.3) is 12.0 Å². The molecule has 5 rings (SSSR count). The van der Waals surface area contributed by atoms with Crippen LogP contribution in [0.4, 0.5) is 23.8 Å². The molecule has 1 unspecified atom stereocenters. The number of likely N-dealkylation sites (tertiary alicyclic amines) is 2. The highest BCUT2D eigenvalue weighted by atomic mass is 19.3. The normalized spacial score (nSPS) is 17.9. The summed E-state index contributed by atoms with van der Waals surface area (Å²) >= 11 is 0. The third-order valence-electron chi connectivity index (χ3n) is 8.17. The van der Waals surface area contributed by atoms with Crippen molar-refractivity contribution in [1.82, 2.24) is 24.3 Å². The highest BCUT2D eigenvalue weighted by Gasteiger charge is 2.48. The van der Waals surface area contributed by atoms with Crippen LogP contribution >= 0.6 is 0 Å². The number of carbonyl (C=O) groups is 2. The van der Waals surface area contributed by atoms with E-state index in [-0.39, 0.29) is 28.5 Å². The lowest BCUT2D eigenvalue weighted by atomic mass is 9.85. The maximum atomic E-state index is 15.5. The molecular formula is C28H31F3N6O4. The Balaban J connectivity index is 1.47. The average Bonchev–Trinajstić information content (AvgIpc) is 2.93. The second-order valence-corrected chi connectivity index (χ2v) is 10.9. The fourth-order valence-electron chi connectivity index (χ4n) is 5.68. The topological polar surface area (TPSA) is 121 Å². The van der Waals surface area contributed by atoms with Gasteiger partial charge in [0, 0.05) is 44.2 Å². The van der Waals surface area contributed by atoms with Crippen molar-refractivity contribution >= 4 is 28.9 Å². The summed E-state index contributed by atoms with van der Waals surface area (Å²) in [7, 11) is 1.62. The number of carbonyl (C=O) groups excluding carboxylic acids is 1. The Morgan fingerprint density at radius 1 is 1.07 bits per heavy atom. The monoisotopic (exact) mass is 572 g/mol. The molecule has 13 heteroatoms. The summed E-state index contributed by atoms with van der Waals surface area (Å²) in [6, 6.07) is 4.99. The molecule has 2 N–H and O–H groups in total. The van der Waals surface area contributed by atoms with Gasteiger partial charge in [0.1, 0.15) is 17.8 Å². The van der Waals surface area contributed by atoms with Gasteiger partial charge in [-0.15, -0.1) is 0 Å². The first-order valence-corrected chi connectivity index (χ1v) is 13.3. The molecule has 0 spiro atoms. The van der Waals surface area contributed by atoms with Gasteiger partial charge in [0.05, 0.1) is 18.5 Å². The number of aryl methyl sites for hydroxylation is 1. The predicted octanol–water partition coefficient (Wildman–Crippen LogP) is 4.32. The average molecular weight is 573 g/mol. The summed E-state index contributed by atoms with van der Waals surface area (Å²) in [5, 5.41) is 12.9. The fraction of sp³-hybridized carbons (Fsp3) is 0.464. The van der Waals surface area contributed by atoms with Gasteiger partial charge in [-0.3, -0.25) is 14.2 Å². The first-order valence-electron chi connectivity index (χ1n) is 13.3. The Bertz CT molecular complexity index is 1560. The van der Waals surface area contributed by atoms with E-state index in [1.165, 1.54) is 30.0 Å². The molecule has 4 heterocycles. The van der Waals surface area contributed by atoms with Gasteiger partial charge in [-0.05, 0) is 55.0 Å². The highest BCUT2D eigenvalue weighted by molar-refractivity contribution is 5.87. The van der Waals surface area contributed by atoms with Gasteiger partial charge >= 0.3 is 6.09 Å². The number of carboxylic acid groups (broad SMARTS) is 1. The number of alkyl halides is 3. The van der Waals surface area contributed by atoms with E-state index >= 15 is 4.39 Å². The molecule has 218 valence electrons. The quantitative estimate of drug-likeness (QED) is 0.451. The van der Waals surface area contributed by atoms with Crippen molar-refractivity contribution in [2.45, 2.75) is 50.7 Å². The molecule has 2 aromatic heterocycles. The lowest BCUT2D eigenvalue weighted by Gasteiger charge is -2.43.